The van der Waals surface area contributed by atoms with Gasteiger partial charge < -0.3 is 10.1 Å². The minimum absolute atomic E-state index is 0.700. The number of benzene rings is 1. The second-order valence-corrected chi connectivity index (χ2v) is 4.60. The lowest BCUT2D eigenvalue weighted by atomic mass is 10.2. The monoisotopic (exact) mass is 219 g/mol. The van der Waals surface area contributed by atoms with Gasteiger partial charge in [0.2, 0.25) is 0 Å². The first-order valence-electron chi connectivity index (χ1n) is 6.29. The molecule has 88 valence electrons. The zero-order valence-electron chi connectivity index (χ0n) is 10.3. The predicted octanol–water partition coefficient (Wildman–Crippen LogP) is 3.75. The van der Waals surface area contributed by atoms with Gasteiger partial charge in [-0.05, 0) is 37.8 Å². The van der Waals surface area contributed by atoms with Crippen molar-refractivity contribution in [3.8, 4) is 5.75 Å². The van der Waals surface area contributed by atoms with Crippen LogP contribution in [0.5, 0.6) is 5.75 Å². The highest BCUT2D eigenvalue weighted by atomic mass is 16.5. The fourth-order valence-corrected chi connectivity index (χ4v) is 1.64. The molecule has 1 N–H and O–H groups in total. The summed E-state index contributed by atoms with van der Waals surface area (Å²) >= 11 is 0. The summed E-state index contributed by atoms with van der Waals surface area (Å²) < 4.78 is 5.78. The topological polar surface area (TPSA) is 21.3 Å². The van der Waals surface area contributed by atoms with Gasteiger partial charge in [-0.25, -0.2) is 0 Å². The molecule has 0 radical (unpaired) electrons. The summed E-state index contributed by atoms with van der Waals surface area (Å²) in [4.78, 5) is 0. The number of rotatable bonds is 6. The molecule has 1 aliphatic carbocycles. The highest BCUT2D eigenvalue weighted by Crippen LogP contribution is 2.28. The van der Waals surface area contributed by atoms with Crippen molar-refractivity contribution in [2.45, 2.75) is 45.6 Å². The van der Waals surface area contributed by atoms with Crippen LogP contribution in [0.25, 0.3) is 0 Å². The average molecular weight is 219 g/mol. The molecule has 1 fully saturated rings. The molecule has 0 unspecified atom stereocenters. The van der Waals surface area contributed by atoms with E-state index in [4.69, 9.17) is 4.74 Å². The van der Waals surface area contributed by atoms with Gasteiger partial charge >= 0.3 is 0 Å². The fraction of sp³-hybridized carbons (Fsp3) is 0.571. The quantitative estimate of drug-likeness (QED) is 0.736. The molecule has 2 nitrogen and oxygen atoms in total. The molecule has 0 saturated heterocycles. The Hall–Kier alpha value is -1.18. The van der Waals surface area contributed by atoms with Crippen molar-refractivity contribution >= 4 is 5.69 Å². The van der Waals surface area contributed by atoms with Crippen LogP contribution < -0.4 is 10.1 Å². The Morgan fingerprint density at radius 1 is 1.38 bits per heavy atom. The summed E-state index contributed by atoms with van der Waals surface area (Å²) in [6, 6.07) is 7.10. The molecule has 0 spiro atoms. The van der Waals surface area contributed by atoms with E-state index in [0.717, 1.165) is 18.8 Å². The molecule has 0 heterocycles. The van der Waals surface area contributed by atoms with Crippen molar-refractivity contribution in [2.24, 2.45) is 0 Å². The number of hydrogen-bond acceptors (Lipinski definition) is 2. The van der Waals surface area contributed by atoms with E-state index in [9.17, 15) is 0 Å². The van der Waals surface area contributed by atoms with E-state index in [1.54, 1.807) is 0 Å². The summed E-state index contributed by atoms with van der Waals surface area (Å²) in [5, 5.41) is 3.49. The van der Waals surface area contributed by atoms with E-state index in [-0.39, 0.29) is 0 Å². The van der Waals surface area contributed by atoms with Gasteiger partial charge in [-0.15, -0.1) is 0 Å². The van der Waals surface area contributed by atoms with Crippen LogP contribution in [0.15, 0.2) is 18.2 Å². The molecule has 0 bridgehead atoms. The first-order valence-corrected chi connectivity index (χ1v) is 6.29. The molecule has 1 aromatic rings. The number of anilines is 1. The highest BCUT2D eigenvalue weighted by Gasteiger charge is 2.20. The summed E-state index contributed by atoms with van der Waals surface area (Å²) in [5.74, 6) is 1.03. The number of hydrogen-bond donors (Lipinski definition) is 1. The smallest absolute Gasteiger partial charge is 0.124 e. The van der Waals surface area contributed by atoms with Gasteiger partial charge in [-0.1, -0.05) is 19.4 Å². The lowest BCUT2D eigenvalue weighted by Gasteiger charge is -2.11. The van der Waals surface area contributed by atoms with E-state index >= 15 is 0 Å². The molecule has 0 amide bonds. The Morgan fingerprint density at radius 3 is 2.88 bits per heavy atom. The second kappa shape index (κ2) is 5.24. The Morgan fingerprint density at radius 2 is 2.19 bits per heavy atom. The summed E-state index contributed by atoms with van der Waals surface area (Å²) in [6.45, 7) is 5.10. The normalized spacial score (nSPS) is 14.9. The van der Waals surface area contributed by atoms with Gasteiger partial charge in [0, 0.05) is 17.8 Å². The van der Waals surface area contributed by atoms with Gasteiger partial charge in [-0.3, -0.25) is 0 Å². The zero-order chi connectivity index (χ0) is 11.4. The van der Waals surface area contributed by atoms with Gasteiger partial charge in [0.1, 0.15) is 5.75 Å². The second-order valence-electron chi connectivity index (χ2n) is 4.60. The number of ether oxygens (including phenoxy) is 1. The minimum Gasteiger partial charge on any atom is -0.493 e. The molecule has 1 aromatic carbocycles. The van der Waals surface area contributed by atoms with Gasteiger partial charge in [0.05, 0.1) is 6.61 Å². The van der Waals surface area contributed by atoms with Crippen LogP contribution >= 0.6 is 0 Å². The molecule has 2 heteroatoms. The molecular weight excluding hydrogens is 198 g/mol. The van der Waals surface area contributed by atoms with Crippen molar-refractivity contribution in [2.75, 3.05) is 11.9 Å². The standard InChI is InChI=1S/C14H21NO/c1-3-4-9-16-14-10-13(6-5-11(14)2)15-12-7-8-12/h5-6,10,12,15H,3-4,7-9H2,1-2H3. The zero-order valence-corrected chi connectivity index (χ0v) is 10.3. The van der Waals surface area contributed by atoms with E-state index < -0.39 is 0 Å². The van der Waals surface area contributed by atoms with Crippen LogP contribution in [0.4, 0.5) is 5.69 Å². The van der Waals surface area contributed by atoms with Crippen LogP contribution in [0.2, 0.25) is 0 Å². The summed E-state index contributed by atoms with van der Waals surface area (Å²) in [5.41, 5.74) is 2.41. The molecule has 0 atom stereocenters. The third-order valence-corrected chi connectivity index (χ3v) is 2.89. The highest BCUT2D eigenvalue weighted by molar-refractivity contribution is 5.52. The van der Waals surface area contributed by atoms with Crippen molar-refractivity contribution in [3.63, 3.8) is 0 Å². The maximum atomic E-state index is 5.78. The van der Waals surface area contributed by atoms with Crippen molar-refractivity contribution in [3.05, 3.63) is 23.8 Å². The molecular formula is C14H21NO. The maximum absolute atomic E-state index is 5.78. The lowest BCUT2D eigenvalue weighted by molar-refractivity contribution is 0.307. The Bertz CT molecular complexity index is 345. The Kier molecular flexibility index (Phi) is 3.70. The van der Waals surface area contributed by atoms with Crippen molar-refractivity contribution < 1.29 is 4.74 Å². The maximum Gasteiger partial charge on any atom is 0.124 e. The Labute approximate surface area is 98.0 Å². The first-order chi connectivity index (χ1) is 7.79. The van der Waals surface area contributed by atoms with Gasteiger partial charge in [0.25, 0.3) is 0 Å². The first kappa shape index (κ1) is 11.3. The predicted molar refractivity (Wildman–Crippen MR) is 68.2 cm³/mol. The van der Waals surface area contributed by atoms with Crippen LogP contribution in [-0.4, -0.2) is 12.6 Å². The van der Waals surface area contributed by atoms with Crippen molar-refractivity contribution in [1.29, 1.82) is 0 Å². The van der Waals surface area contributed by atoms with E-state index in [2.05, 4.69) is 37.4 Å². The summed E-state index contributed by atoms with van der Waals surface area (Å²) in [6.07, 6.45) is 4.92. The number of unbranched alkanes of at least 4 members (excludes halogenated alkanes) is 1. The Balaban J connectivity index is 1.97. The molecule has 0 aromatic heterocycles. The molecule has 2 rings (SSSR count). The third kappa shape index (κ3) is 3.16. The minimum atomic E-state index is 0.700. The number of aryl methyl sites for hydroxylation is 1. The van der Waals surface area contributed by atoms with Gasteiger partial charge in [0.15, 0.2) is 0 Å². The van der Waals surface area contributed by atoms with Crippen molar-refractivity contribution in [1.82, 2.24) is 0 Å². The van der Waals surface area contributed by atoms with Crippen LogP contribution in [0.3, 0.4) is 0 Å². The average Bonchev–Trinajstić information content (AvgIpc) is 3.07. The molecule has 1 saturated carbocycles. The largest absolute Gasteiger partial charge is 0.493 e. The van der Waals surface area contributed by atoms with Gasteiger partial charge in [-0.2, -0.15) is 0 Å². The van der Waals surface area contributed by atoms with Crippen LogP contribution in [-0.2, 0) is 0 Å². The third-order valence-electron chi connectivity index (χ3n) is 2.89. The van der Waals surface area contributed by atoms with E-state index in [1.165, 1.54) is 30.5 Å². The van der Waals surface area contributed by atoms with Crippen LogP contribution in [0.1, 0.15) is 38.2 Å². The number of nitrogens with one attached hydrogen (secondary N) is 1. The fourth-order valence-electron chi connectivity index (χ4n) is 1.64. The van der Waals surface area contributed by atoms with Crippen LogP contribution in [0, 0.1) is 6.92 Å². The molecule has 0 aliphatic heterocycles. The SMILES string of the molecule is CCCCOc1cc(NC2CC2)ccc1C. The van der Waals surface area contributed by atoms with E-state index in [1.807, 2.05) is 0 Å². The molecule has 1 aliphatic rings. The lowest BCUT2D eigenvalue weighted by Crippen LogP contribution is -2.03. The van der Waals surface area contributed by atoms with E-state index in [0.29, 0.717) is 6.04 Å². The summed E-state index contributed by atoms with van der Waals surface area (Å²) in [7, 11) is 0. The molecule has 16 heavy (non-hydrogen) atoms.